The fourth-order valence-corrected chi connectivity index (χ4v) is 2.92. The number of carbonyl (C=O) groups is 1. The van der Waals surface area contributed by atoms with Crippen LogP contribution in [0.3, 0.4) is 0 Å². The van der Waals surface area contributed by atoms with Crippen LogP contribution < -0.4 is 15.8 Å². The molecule has 0 aliphatic heterocycles. The SMILES string of the molecule is COc1nc(NC(=O)C(F)(F)Sc2nc(N)nc3nc[nH]c23)ncc1Br. The predicted octanol–water partition coefficient (Wildman–Crippen LogP) is 1.82. The summed E-state index contributed by atoms with van der Waals surface area (Å²) in [5.74, 6) is -2.15. The van der Waals surface area contributed by atoms with Gasteiger partial charge >= 0.3 is 11.2 Å². The van der Waals surface area contributed by atoms with Gasteiger partial charge in [0, 0.05) is 0 Å². The number of methoxy groups -OCH3 is 1. The summed E-state index contributed by atoms with van der Waals surface area (Å²) in [5, 5.41) is -2.20. The molecule has 10 nitrogen and oxygen atoms in total. The number of aromatic nitrogens is 6. The van der Waals surface area contributed by atoms with Gasteiger partial charge < -0.3 is 15.5 Å². The van der Waals surface area contributed by atoms with Gasteiger partial charge in [0.25, 0.3) is 0 Å². The Morgan fingerprint density at radius 3 is 2.88 bits per heavy atom. The third kappa shape index (κ3) is 3.65. The average Bonchev–Trinajstić information content (AvgIpc) is 3.04. The molecule has 136 valence electrons. The number of ether oxygens (including phenoxy) is 1. The molecule has 0 aliphatic carbocycles. The fourth-order valence-electron chi connectivity index (χ4n) is 1.79. The highest BCUT2D eigenvalue weighted by Crippen LogP contribution is 2.38. The van der Waals surface area contributed by atoms with Gasteiger partial charge in [0.05, 0.1) is 24.1 Å². The number of carbonyl (C=O) groups excluding carboxylic acids is 1. The second kappa shape index (κ2) is 6.95. The first-order valence-corrected chi connectivity index (χ1v) is 8.32. The van der Waals surface area contributed by atoms with Gasteiger partial charge in [-0.25, -0.2) is 15.0 Å². The van der Waals surface area contributed by atoms with Crippen molar-refractivity contribution in [2.24, 2.45) is 0 Å². The Bertz CT molecular complexity index is 985. The molecular formula is C12H9BrF2N8O2S. The Morgan fingerprint density at radius 1 is 1.38 bits per heavy atom. The molecule has 0 aromatic carbocycles. The summed E-state index contributed by atoms with van der Waals surface area (Å²) in [6.45, 7) is 0. The second-order valence-electron chi connectivity index (χ2n) is 4.61. The number of thioether (sulfide) groups is 1. The third-order valence-electron chi connectivity index (χ3n) is 2.89. The first kappa shape index (κ1) is 18.2. The standard InChI is InChI=1S/C12H9BrF2N8O2S/c1-25-7-4(13)2-17-11(21-7)23-9(24)12(14,15)26-8-5-6(19-3-18-5)20-10(16)22-8/h2-3H,1H3,(H,17,21,23,24)(H3,16,18,19,20,22). The van der Waals surface area contributed by atoms with Crippen molar-refractivity contribution in [2.75, 3.05) is 18.2 Å². The van der Waals surface area contributed by atoms with E-state index in [0.717, 1.165) is 0 Å². The van der Waals surface area contributed by atoms with E-state index in [-0.39, 0.29) is 45.7 Å². The number of halogens is 3. The largest absolute Gasteiger partial charge is 0.480 e. The van der Waals surface area contributed by atoms with Crippen LogP contribution in [0.1, 0.15) is 0 Å². The van der Waals surface area contributed by atoms with Gasteiger partial charge in [-0.3, -0.25) is 10.1 Å². The number of nitrogens with zero attached hydrogens (tertiary/aromatic N) is 5. The molecule has 3 rings (SSSR count). The van der Waals surface area contributed by atoms with Gasteiger partial charge in [0.1, 0.15) is 10.5 Å². The molecule has 14 heteroatoms. The number of anilines is 2. The summed E-state index contributed by atoms with van der Waals surface area (Å²) in [4.78, 5) is 33.5. The summed E-state index contributed by atoms with van der Waals surface area (Å²) in [6, 6.07) is 0. The molecule has 0 unspecified atom stereocenters. The number of H-pyrrole nitrogens is 1. The maximum Gasteiger partial charge on any atom is 0.376 e. The minimum atomic E-state index is -3.90. The number of hydrogen-bond acceptors (Lipinski definition) is 9. The van der Waals surface area contributed by atoms with Crippen LogP contribution >= 0.6 is 27.7 Å². The smallest absolute Gasteiger partial charge is 0.376 e. The van der Waals surface area contributed by atoms with Crippen molar-refractivity contribution < 1.29 is 18.3 Å². The molecule has 1 amide bonds. The number of hydrogen-bond donors (Lipinski definition) is 3. The summed E-state index contributed by atoms with van der Waals surface area (Å²) >= 11 is 3.01. The number of alkyl halides is 2. The van der Waals surface area contributed by atoms with Crippen molar-refractivity contribution in [1.29, 1.82) is 0 Å². The lowest BCUT2D eigenvalue weighted by Crippen LogP contribution is -2.32. The molecule has 26 heavy (non-hydrogen) atoms. The number of rotatable bonds is 5. The van der Waals surface area contributed by atoms with Crippen LogP contribution in [-0.4, -0.2) is 48.2 Å². The summed E-state index contributed by atoms with van der Waals surface area (Å²) in [6.07, 6.45) is 2.51. The van der Waals surface area contributed by atoms with Crippen molar-refractivity contribution >= 4 is 56.7 Å². The Labute approximate surface area is 156 Å². The minimum absolute atomic E-state index is 0.0778. The second-order valence-corrected chi connectivity index (χ2v) is 6.57. The summed E-state index contributed by atoms with van der Waals surface area (Å²) in [5.41, 5.74) is 5.72. The van der Waals surface area contributed by atoms with Crippen LogP contribution in [0.2, 0.25) is 0 Å². The maximum absolute atomic E-state index is 14.3. The van der Waals surface area contributed by atoms with Gasteiger partial charge in [0.2, 0.25) is 17.8 Å². The molecule has 3 aromatic rings. The lowest BCUT2D eigenvalue weighted by Gasteiger charge is -2.15. The first-order valence-electron chi connectivity index (χ1n) is 6.71. The topological polar surface area (TPSA) is 145 Å². The van der Waals surface area contributed by atoms with Gasteiger partial charge in [0.15, 0.2) is 5.65 Å². The normalized spacial score (nSPS) is 11.5. The Morgan fingerprint density at radius 2 is 2.15 bits per heavy atom. The van der Waals surface area contributed by atoms with Crippen LogP contribution in [0, 0.1) is 0 Å². The molecule has 4 N–H and O–H groups in total. The van der Waals surface area contributed by atoms with Crippen LogP contribution in [0.5, 0.6) is 5.88 Å². The molecule has 0 bridgehead atoms. The monoisotopic (exact) mass is 446 g/mol. The van der Waals surface area contributed by atoms with E-state index in [1.165, 1.54) is 19.6 Å². The van der Waals surface area contributed by atoms with E-state index in [2.05, 4.69) is 45.8 Å². The van der Waals surface area contributed by atoms with Gasteiger partial charge in [-0.05, 0) is 27.7 Å². The zero-order valence-electron chi connectivity index (χ0n) is 12.8. The van der Waals surface area contributed by atoms with Crippen molar-refractivity contribution in [1.82, 2.24) is 29.9 Å². The molecule has 3 aromatic heterocycles. The Hall–Kier alpha value is -2.61. The van der Waals surface area contributed by atoms with E-state index in [4.69, 9.17) is 10.5 Å². The quantitative estimate of drug-likeness (QED) is 0.394. The number of imidazole rings is 1. The maximum atomic E-state index is 14.3. The van der Waals surface area contributed by atoms with E-state index >= 15 is 0 Å². The zero-order valence-corrected chi connectivity index (χ0v) is 15.2. The van der Waals surface area contributed by atoms with Gasteiger partial charge in [-0.1, -0.05) is 0 Å². The lowest BCUT2D eigenvalue weighted by atomic mass is 10.5. The predicted molar refractivity (Wildman–Crippen MR) is 91.8 cm³/mol. The van der Waals surface area contributed by atoms with E-state index in [1.54, 1.807) is 0 Å². The Balaban J connectivity index is 1.83. The molecular weight excluding hydrogens is 438 g/mol. The minimum Gasteiger partial charge on any atom is -0.480 e. The first-order chi connectivity index (χ1) is 12.3. The molecule has 3 heterocycles. The molecule has 0 aliphatic rings. The Kier molecular flexibility index (Phi) is 4.86. The molecule has 0 saturated carbocycles. The van der Waals surface area contributed by atoms with Crippen LogP contribution in [0.4, 0.5) is 20.7 Å². The summed E-state index contributed by atoms with van der Waals surface area (Å²) < 4.78 is 34.0. The molecule has 0 fully saturated rings. The molecule has 0 atom stereocenters. The lowest BCUT2D eigenvalue weighted by molar-refractivity contribution is -0.129. The average molecular weight is 447 g/mol. The van der Waals surface area contributed by atoms with E-state index in [9.17, 15) is 13.6 Å². The molecule has 0 radical (unpaired) electrons. The highest BCUT2D eigenvalue weighted by Gasteiger charge is 2.42. The van der Waals surface area contributed by atoms with E-state index in [0.29, 0.717) is 4.47 Å². The van der Waals surface area contributed by atoms with Crippen molar-refractivity contribution in [3.05, 3.63) is 17.0 Å². The highest BCUT2D eigenvalue weighted by atomic mass is 79.9. The number of nitrogen functional groups attached to an aromatic ring is 1. The van der Waals surface area contributed by atoms with Crippen LogP contribution in [-0.2, 0) is 4.79 Å². The van der Waals surface area contributed by atoms with Gasteiger partial charge in [-0.2, -0.15) is 18.7 Å². The van der Waals surface area contributed by atoms with Crippen molar-refractivity contribution in [3.8, 4) is 5.88 Å². The number of fused-ring (bicyclic) bond motifs is 1. The summed E-state index contributed by atoms with van der Waals surface area (Å²) in [7, 11) is 1.33. The zero-order chi connectivity index (χ0) is 18.9. The highest BCUT2D eigenvalue weighted by molar-refractivity contribution is 9.10. The van der Waals surface area contributed by atoms with E-state index < -0.39 is 11.2 Å². The van der Waals surface area contributed by atoms with Crippen LogP contribution in [0.15, 0.2) is 22.0 Å². The fraction of sp³-hybridized carbons (Fsp3) is 0.167. The number of nitrogens with two attached hydrogens (primary N) is 1. The molecule has 0 spiro atoms. The number of nitrogens with one attached hydrogen (secondary N) is 2. The van der Waals surface area contributed by atoms with E-state index in [1.807, 2.05) is 5.32 Å². The van der Waals surface area contributed by atoms with Crippen LogP contribution in [0.25, 0.3) is 11.2 Å². The molecule has 0 saturated heterocycles. The van der Waals surface area contributed by atoms with Gasteiger partial charge in [-0.15, -0.1) is 0 Å². The third-order valence-corrected chi connectivity index (χ3v) is 4.36. The van der Waals surface area contributed by atoms with Crippen molar-refractivity contribution in [2.45, 2.75) is 10.3 Å². The number of aromatic amines is 1. The number of amides is 1. The van der Waals surface area contributed by atoms with Crippen molar-refractivity contribution in [3.63, 3.8) is 0 Å².